The predicted octanol–water partition coefficient (Wildman–Crippen LogP) is 1.95. The number of pyridine rings is 1. The van der Waals surface area contributed by atoms with Crippen LogP contribution < -0.4 is 5.32 Å². The van der Waals surface area contributed by atoms with Crippen LogP contribution in [0.2, 0.25) is 0 Å². The van der Waals surface area contributed by atoms with Crippen molar-refractivity contribution in [2.24, 2.45) is 0 Å². The number of aromatic nitrogens is 1. The Kier molecular flexibility index (Phi) is 4.29. The summed E-state index contributed by atoms with van der Waals surface area (Å²) in [5, 5.41) is 3.14. The molecule has 0 aromatic carbocycles. The van der Waals surface area contributed by atoms with Crippen molar-refractivity contribution in [3.8, 4) is 0 Å². The summed E-state index contributed by atoms with van der Waals surface area (Å²) in [6.45, 7) is 6.24. The van der Waals surface area contributed by atoms with Gasteiger partial charge in [-0.3, -0.25) is 9.88 Å². The van der Waals surface area contributed by atoms with Crippen molar-refractivity contribution < 1.29 is 0 Å². The van der Waals surface area contributed by atoms with E-state index in [4.69, 9.17) is 0 Å². The van der Waals surface area contributed by atoms with Crippen LogP contribution in [-0.2, 0) is 13.1 Å². The zero-order chi connectivity index (χ0) is 12.1. The molecule has 0 aliphatic carbocycles. The Morgan fingerprint density at radius 2 is 2.18 bits per heavy atom. The summed E-state index contributed by atoms with van der Waals surface area (Å²) in [7, 11) is 1.95. The van der Waals surface area contributed by atoms with E-state index in [1.807, 2.05) is 7.05 Å². The molecule has 0 amide bonds. The fraction of sp³-hybridized carbons (Fsp3) is 0.500. The Bertz CT molecular complexity index is 398. The van der Waals surface area contributed by atoms with E-state index in [-0.39, 0.29) is 0 Å². The Hall–Kier alpha value is -1.19. The monoisotopic (exact) mass is 231 g/mol. The molecule has 0 fully saturated rings. The van der Waals surface area contributed by atoms with Gasteiger partial charge >= 0.3 is 0 Å². The summed E-state index contributed by atoms with van der Waals surface area (Å²) in [5.74, 6) is 0. The maximum Gasteiger partial charge on any atom is 0.0548 e. The van der Waals surface area contributed by atoms with Crippen LogP contribution in [0.3, 0.4) is 0 Å². The van der Waals surface area contributed by atoms with Crippen molar-refractivity contribution in [3.05, 3.63) is 41.2 Å². The average molecular weight is 231 g/mol. The van der Waals surface area contributed by atoms with Gasteiger partial charge in [0.05, 0.1) is 11.4 Å². The lowest BCUT2D eigenvalue weighted by atomic mass is 10.1. The van der Waals surface area contributed by atoms with E-state index in [9.17, 15) is 0 Å². The summed E-state index contributed by atoms with van der Waals surface area (Å²) in [6, 6.07) is 6.29. The Morgan fingerprint density at radius 1 is 1.35 bits per heavy atom. The Morgan fingerprint density at radius 3 is 2.94 bits per heavy atom. The molecule has 1 aromatic rings. The first-order valence-electron chi connectivity index (χ1n) is 6.25. The number of hydrogen-bond acceptors (Lipinski definition) is 3. The normalized spacial score (nSPS) is 16.9. The smallest absolute Gasteiger partial charge is 0.0548 e. The molecule has 0 saturated carbocycles. The SMILES string of the molecule is CNCc1cccc(CN2CCC=C(C)C2)n1. The second-order valence-corrected chi connectivity index (χ2v) is 4.70. The molecule has 0 unspecified atom stereocenters. The van der Waals surface area contributed by atoms with Crippen LogP contribution in [0.15, 0.2) is 29.8 Å². The molecule has 17 heavy (non-hydrogen) atoms. The summed E-state index contributed by atoms with van der Waals surface area (Å²) < 4.78 is 0. The van der Waals surface area contributed by atoms with Gasteiger partial charge in [-0.05, 0) is 32.5 Å². The van der Waals surface area contributed by atoms with Gasteiger partial charge in [0.2, 0.25) is 0 Å². The average Bonchev–Trinajstić information content (AvgIpc) is 2.30. The predicted molar refractivity (Wildman–Crippen MR) is 70.7 cm³/mol. The third-order valence-electron chi connectivity index (χ3n) is 3.02. The third-order valence-corrected chi connectivity index (χ3v) is 3.02. The fourth-order valence-corrected chi connectivity index (χ4v) is 2.25. The first-order valence-corrected chi connectivity index (χ1v) is 6.25. The van der Waals surface area contributed by atoms with Crippen LogP contribution in [0.5, 0.6) is 0 Å². The molecule has 3 nitrogen and oxygen atoms in total. The molecule has 1 N–H and O–H groups in total. The van der Waals surface area contributed by atoms with Crippen molar-refractivity contribution in [2.45, 2.75) is 26.4 Å². The number of hydrogen-bond donors (Lipinski definition) is 1. The third kappa shape index (κ3) is 3.65. The highest BCUT2D eigenvalue weighted by atomic mass is 15.1. The maximum absolute atomic E-state index is 4.66. The highest BCUT2D eigenvalue weighted by molar-refractivity contribution is 5.12. The van der Waals surface area contributed by atoms with Gasteiger partial charge in [0.25, 0.3) is 0 Å². The molecule has 1 aromatic heterocycles. The zero-order valence-corrected chi connectivity index (χ0v) is 10.7. The van der Waals surface area contributed by atoms with Crippen LogP contribution in [0.1, 0.15) is 24.7 Å². The van der Waals surface area contributed by atoms with Gasteiger partial charge in [0.1, 0.15) is 0 Å². The summed E-state index contributed by atoms with van der Waals surface area (Å²) in [6.07, 6.45) is 3.50. The van der Waals surface area contributed by atoms with E-state index in [1.54, 1.807) is 0 Å². The standard InChI is InChI=1S/C14H21N3/c1-12-5-4-8-17(10-12)11-14-7-3-6-13(16-14)9-15-2/h3,5-7,15H,4,8-11H2,1-2H3. The molecule has 0 radical (unpaired) electrons. The van der Waals surface area contributed by atoms with Gasteiger partial charge in [-0.2, -0.15) is 0 Å². The van der Waals surface area contributed by atoms with E-state index in [1.165, 1.54) is 17.7 Å². The van der Waals surface area contributed by atoms with E-state index in [2.05, 4.69) is 46.4 Å². The largest absolute Gasteiger partial charge is 0.314 e. The highest BCUT2D eigenvalue weighted by Gasteiger charge is 2.10. The van der Waals surface area contributed by atoms with Crippen LogP contribution in [0.25, 0.3) is 0 Å². The van der Waals surface area contributed by atoms with Crippen LogP contribution >= 0.6 is 0 Å². The Labute approximate surface area is 104 Å². The van der Waals surface area contributed by atoms with Crippen molar-refractivity contribution in [3.63, 3.8) is 0 Å². The van der Waals surface area contributed by atoms with E-state index in [0.717, 1.165) is 31.9 Å². The van der Waals surface area contributed by atoms with Crippen LogP contribution in [0.4, 0.5) is 0 Å². The quantitative estimate of drug-likeness (QED) is 0.803. The second-order valence-electron chi connectivity index (χ2n) is 4.70. The Balaban J connectivity index is 1.98. The molecular weight excluding hydrogens is 210 g/mol. The molecule has 0 spiro atoms. The van der Waals surface area contributed by atoms with Gasteiger partial charge in [0.15, 0.2) is 0 Å². The molecule has 0 atom stereocenters. The van der Waals surface area contributed by atoms with Gasteiger partial charge in [-0.1, -0.05) is 17.7 Å². The zero-order valence-electron chi connectivity index (χ0n) is 10.7. The van der Waals surface area contributed by atoms with E-state index in [0.29, 0.717) is 0 Å². The van der Waals surface area contributed by atoms with E-state index >= 15 is 0 Å². The van der Waals surface area contributed by atoms with Crippen molar-refractivity contribution in [1.82, 2.24) is 15.2 Å². The van der Waals surface area contributed by atoms with Gasteiger partial charge in [-0.25, -0.2) is 0 Å². The molecule has 3 heteroatoms. The minimum atomic E-state index is 0.840. The van der Waals surface area contributed by atoms with Gasteiger partial charge in [0, 0.05) is 26.2 Å². The lowest BCUT2D eigenvalue weighted by molar-refractivity contribution is 0.279. The van der Waals surface area contributed by atoms with Crippen molar-refractivity contribution >= 4 is 0 Å². The highest BCUT2D eigenvalue weighted by Crippen LogP contribution is 2.12. The molecule has 0 bridgehead atoms. The fourth-order valence-electron chi connectivity index (χ4n) is 2.25. The van der Waals surface area contributed by atoms with Crippen LogP contribution in [-0.4, -0.2) is 30.0 Å². The molecule has 92 valence electrons. The lowest BCUT2D eigenvalue weighted by Gasteiger charge is -2.25. The molecule has 1 aliphatic heterocycles. The number of rotatable bonds is 4. The minimum Gasteiger partial charge on any atom is -0.314 e. The summed E-state index contributed by atoms with van der Waals surface area (Å²) >= 11 is 0. The minimum absolute atomic E-state index is 0.840. The second kappa shape index (κ2) is 5.94. The molecule has 2 heterocycles. The van der Waals surface area contributed by atoms with Gasteiger partial charge < -0.3 is 5.32 Å². The topological polar surface area (TPSA) is 28.2 Å². The first-order chi connectivity index (χ1) is 8.28. The molecule has 2 rings (SSSR count). The van der Waals surface area contributed by atoms with E-state index < -0.39 is 0 Å². The lowest BCUT2D eigenvalue weighted by Crippen LogP contribution is -2.29. The molecular formula is C14H21N3. The molecule has 1 aliphatic rings. The van der Waals surface area contributed by atoms with Crippen LogP contribution in [0, 0.1) is 0 Å². The summed E-state index contributed by atoms with van der Waals surface area (Å²) in [4.78, 5) is 7.12. The van der Waals surface area contributed by atoms with Crippen molar-refractivity contribution in [1.29, 1.82) is 0 Å². The summed E-state index contributed by atoms with van der Waals surface area (Å²) in [5.41, 5.74) is 3.77. The van der Waals surface area contributed by atoms with Gasteiger partial charge in [-0.15, -0.1) is 0 Å². The number of nitrogens with one attached hydrogen (secondary N) is 1. The molecule has 0 saturated heterocycles. The first kappa shape index (κ1) is 12.3. The number of nitrogens with zero attached hydrogens (tertiary/aromatic N) is 2. The van der Waals surface area contributed by atoms with Crippen molar-refractivity contribution in [2.75, 3.05) is 20.1 Å². The maximum atomic E-state index is 4.66.